The lowest BCUT2D eigenvalue weighted by atomic mass is 10.1. The molecular weight excluding hydrogens is 308 g/mol. The molecule has 1 N–H and O–H groups in total. The predicted octanol–water partition coefficient (Wildman–Crippen LogP) is -0.0686. The highest BCUT2D eigenvalue weighted by Crippen LogP contribution is 2.26. The van der Waals surface area contributed by atoms with Gasteiger partial charge in [0, 0.05) is 31.1 Å². The van der Waals surface area contributed by atoms with Crippen LogP contribution in [-0.2, 0) is 26.0 Å². The summed E-state index contributed by atoms with van der Waals surface area (Å²) in [7, 11) is -3.04. The molecule has 7 nitrogen and oxygen atoms in total. The molecule has 3 rings (SSSR count). The lowest BCUT2D eigenvalue weighted by Gasteiger charge is -2.22. The van der Waals surface area contributed by atoms with Gasteiger partial charge in [0.15, 0.2) is 9.84 Å². The first kappa shape index (κ1) is 15.1. The number of sulfone groups is 1. The zero-order valence-corrected chi connectivity index (χ0v) is 12.8. The van der Waals surface area contributed by atoms with E-state index in [1.807, 2.05) is 0 Å². The summed E-state index contributed by atoms with van der Waals surface area (Å²) in [5.74, 6) is -0.591. The standard InChI is InChI=1S/C14H18N2O5S/c17-13-5-11(14(18)15-6-10-1-3-21-8-10)7-16(13)12-2-4-22(19,20)9-12/h1,3,8,11-12H,2,4-7,9H2,(H,15,18)/t11-,12-/m0/s1. The van der Waals surface area contributed by atoms with E-state index in [0.29, 0.717) is 19.5 Å². The molecule has 0 radical (unpaired) electrons. The summed E-state index contributed by atoms with van der Waals surface area (Å²) in [5.41, 5.74) is 0.858. The van der Waals surface area contributed by atoms with E-state index in [0.717, 1.165) is 5.56 Å². The van der Waals surface area contributed by atoms with Crippen molar-refractivity contribution >= 4 is 21.7 Å². The van der Waals surface area contributed by atoms with Gasteiger partial charge >= 0.3 is 0 Å². The van der Waals surface area contributed by atoms with Crippen LogP contribution < -0.4 is 5.32 Å². The van der Waals surface area contributed by atoms with E-state index in [-0.39, 0.29) is 35.8 Å². The van der Waals surface area contributed by atoms with E-state index in [4.69, 9.17) is 4.42 Å². The molecule has 2 amide bonds. The fourth-order valence-corrected chi connectivity index (χ4v) is 4.74. The lowest BCUT2D eigenvalue weighted by Crippen LogP contribution is -2.38. The third-order valence-corrected chi connectivity index (χ3v) is 5.98. The maximum atomic E-state index is 12.1. The molecule has 2 fully saturated rings. The summed E-state index contributed by atoms with van der Waals surface area (Å²) in [6.07, 6.45) is 3.70. The number of furan rings is 1. The molecule has 2 atom stereocenters. The van der Waals surface area contributed by atoms with Crippen molar-refractivity contribution in [3.05, 3.63) is 24.2 Å². The Morgan fingerprint density at radius 3 is 2.91 bits per heavy atom. The summed E-state index contributed by atoms with van der Waals surface area (Å²) >= 11 is 0. The number of hydrogen-bond acceptors (Lipinski definition) is 5. The molecule has 3 heterocycles. The van der Waals surface area contributed by atoms with Gasteiger partial charge in [0.1, 0.15) is 0 Å². The third-order valence-electron chi connectivity index (χ3n) is 4.23. The molecule has 2 aliphatic rings. The molecule has 8 heteroatoms. The van der Waals surface area contributed by atoms with Gasteiger partial charge in [-0.3, -0.25) is 9.59 Å². The van der Waals surface area contributed by atoms with Gasteiger partial charge in [-0.25, -0.2) is 8.42 Å². The Labute approximate surface area is 128 Å². The quantitative estimate of drug-likeness (QED) is 0.835. The first-order chi connectivity index (χ1) is 10.4. The van der Waals surface area contributed by atoms with Crippen molar-refractivity contribution in [2.45, 2.75) is 25.4 Å². The molecule has 2 aliphatic heterocycles. The molecule has 0 unspecified atom stereocenters. The van der Waals surface area contributed by atoms with E-state index in [1.165, 1.54) is 6.26 Å². The van der Waals surface area contributed by atoms with Gasteiger partial charge in [-0.15, -0.1) is 0 Å². The van der Waals surface area contributed by atoms with Crippen LogP contribution in [0.5, 0.6) is 0 Å². The van der Waals surface area contributed by atoms with Gasteiger partial charge < -0.3 is 14.6 Å². The van der Waals surface area contributed by atoms with E-state index in [1.54, 1.807) is 17.2 Å². The van der Waals surface area contributed by atoms with Crippen LogP contribution in [0.1, 0.15) is 18.4 Å². The average Bonchev–Trinajstić information content (AvgIpc) is 3.16. The van der Waals surface area contributed by atoms with Crippen LogP contribution in [0.4, 0.5) is 0 Å². The Hall–Kier alpha value is -1.83. The van der Waals surface area contributed by atoms with Crippen molar-refractivity contribution in [1.82, 2.24) is 10.2 Å². The molecule has 22 heavy (non-hydrogen) atoms. The van der Waals surface area contributed by atoms with Crippen LogP contribution in [0.25, 0.3) is 0 Å². The second-order valence-corrected chi connectivity index (χ2v) is 8.08. The summed E-state index contributed by atoms with van der Waals surface area (Å²) < 4.78 is 28.0. The van der Waals surface area contributed by atoms with Crippen LogP contribution in [0, 0.1) is 5.92 Å². The second kappa shape index (κ2) is 5.75. The fraction of sp³-hybridized carbons (Fsp3) is 0.571. The van der Waals surface area contributed by atoms with Gasteiger partial charge in [0.25, 0.3) is 0 Å². The minimum Gasteiger partial charge on any atom is -0.472 e. The van der Waals surface area contributed by atoms with Crippen molar-refractivity contribution in [3.63, 3.8) is 0 Å². The maximum absolute atomic E-state index is 12.1. The summed E-state index contributed by atoms with van der Waals surface area (Å²) in [6.45, 7) is 0.661. The highest BCUT2D eigenvalue weighted by atomic mass is 32.2. The molecule has 0 aromatic carbocycles. The number of amides is 2. The summed E-state index contributed by atoms with van der Waals surface area (Å²) in [5, 5.41) is 2.78. The number of hydrogen-bond donors (Lipinski definition) is 1. The Morgan fingerprint density at radius 2 is 2.27 bits per heavy atom. The van der Waals surface area contributed by atoms with Crippen LogP contribution >= 0.6 is 0 Å². The van der Waals surface area contributed by atoms with Crippen molar-refractivity contribution in [2.75, 3.05) is 18.1 Å². The highest BCUT2D eigenvalue weighted by molar-refractivity contribution is 7.91. The monoisotopic (exact) mass is 326 g/mol. The third kappa shape index (κ3) is 3.16. The predicted molar refractivity (Wildman–Crippen MR) is 77.4 cm³/mol. The van der Waals surface area contributed by atoms with Crippen LogP contribution in [0.3, 0.4) is 0 Å². The summed E-state index contributed by atoms with van der Waals surface area (Å²) in [6, 6.07) is 1.49. The SMILES string of the molecule is O=C(NCc1ccoc1)[C@H]1CC(=O)N([C@H]2CCS(=O)(=O)C2)C1. The fourth-order valence-electron chi connectivity index (χ4n) is 3.01. The minimum absolute atomic E-state index is 0.0160. The maximum Gasteiger partial charge on any atom is 0.225 e. The first-order valence-electron chi connectivity index (χ1n) is 7.23. The molecule has 1 aromatic heterocycles. The molecule has 2 saturated heterocycles. The minimum atomic E-state index is -3.04. The second-order valence-electron chi connectivity index (χ2n) is 5.85. The molecule has 0 bridgehead atoms. The highest BCUT2D eigenvalue weighted by Gasteiger charge is 2.41. The molecule has 1 aromatic rings. The van der Waals surface area contributed by atoms with Gasteiger partial charge in [-0.05, 0) is 12.5 Å². The number of carbonyl (C=O) groups excluding carboxylic acids is 2. The number of carbonyl (C=O) groups is 2. The lowest BCUT2D eigenvalue weighted by molar-refractivity contribution is -0.130. The van der Waals surface area contributed by atoms with Crippen molar-refractivity contribution in [1.29, 1.82) is 0 Å². The number of nitrogens with zero attached hydrogens (tertiary/aromatic N) is 1. The number of likely N-dealkylation sites (tertiary alicyclic amines) is 1. The Kier molecular flexibility index (Phi) is 3.94. The number of nitrogens with one attached hydrogen (secondary N) is 1. The van der Waals surface area contributed by atoms with Crippen LogP contribution in [0.2, 0.25) is 0 Å². The molecular formula is C14H18N2O5S. The van der Waals surface area contributed by atoms with Gasteiger partial charge in [0.2, 0.25) is 11.8 Å². The molecule has 120 valence electrons. The Balaban J connectivity index is 1.56. The zero-order valence-electron chi connectivity index (χ0n) is 12.0. The number of rotatable bonds is 4. The molecule has 0 saturated carbocycles. The summed E-state index contributed by atoms with van der Waals surface area (Å²) in [4.78, 5) is 25.8. The average molecular weight is 326 g/mol. The van der Waals surface area contributed by atoms with Gasteiger partial charge in [-0.2, -0.15) is 0 Å². The van der Waals surface area contributed by atoms with Crippen LogP contribution in [0.15, 0.2) is 23.0 Å². The zero-order chi connectivity index (χ0) is 15.7. The van der Waals surface area contributed by atoms with Crippen molar-refractivity contribution in [3.8, 4) is 0 Å². The van der Waals surface area contributed by atoms with Gasteiger partial charge in [-0.1, -0.05) is 0 Å². The van der Waals surface area contributed by atoms with E-state index < -0.39 is 15.8 Å². The normalized spacial score (nSPS) is 27.3. The van der Waals surface area contributed by atoms with E-state index in [2.05, 4.69) is 5.32 Å². The van der Waals surface area contributed by atoms with E-state index in [9.17, 15) is 18.0 Å². The Bertz CT molecular complexity index is 667. The molecule has 0 aliphatic carbocycles. The van der Waals surface area contributed by atoms with Crippen molar-refractivity contribution < 1.29 is 22.4 Å². The van der Waals surface area contributed by atoms with Crippen molar-refractivity contribution in [2.24, 2.45) is 5.92 Å². The Morgan fingerprint density at radius 1 is 1.45 bits per heavy atom. The topological polar surface area (TPSA) is 96.7 Å². The van der Waals surface area contributed by atoms with E-state index >= 15 is 0 Å². The first-order valence-corrected chi connectivity index (χ1v) is 9.05. The smallest absolute Gasteiger partial charge is 0.225 e. The van der Waals surface area contributed by atoms with Gasteiger partial charge in [0.05, 0.1) is 29.9 Å². The molecule has 0 spiro atoms. The largest absolute Gasteiger partial charge is 0.472 e. The van der Waals surface area contributed by atoms with Crippen LogP contribution in [-0.4, -0.2) is 49.2 Å².